The van der Waals surface area contributed by atoms with Crippen molar-refractivity contribution in [2.75, 3.05) is 0 Å². The summed E-state index contributed by atoms with van der Waals surface area (Å²) in [7, 11) is 0. The molecule has 1 N–H and O–H groups in total. The maximum absolute atomic E-state index is 10.1. The van der Waals surface area contributed by atoms with Crippen molar-refractivity contribution in [1.29, 1.82) is 0 Å². The van der Waals surface area contributed by atoms with E-state index < -0.39 is 0 Å². The number of aromatic nitrogens is 4. The molecule has 0 aliphatic heterocycles. The van der Waals surface area contributed by atoms with E-state index in [2.05, 4.69) is 15.1 Å². The Hall–Kier alpha value is -3.21. The maximum Gasteiger partial charge on any atom is 0.253 e. The molecule has 4 rings (SSSR count). The van der Waals surface area contributed by atoms with Crippen LogP contribution in [0.2, 0.25) is 0 Å². The molecule has 0 saturated carbocycles. The van der Waals surface area contributed by atoms with E-state index in [1.165, 1.54) is 0 Å². The van der Waals surface area contributed by atoms with Gasteiger partial charge in [-0.3, -0.25) is 0 Å². The van der Waals surface area contributed by atoms with Gasteiger partial charge in [0.25, 0.3) is 5.78 Å². The first kappa shape index (κ1) is 13.5. The molecule has 2 heterocycles. The summed E-state index contributed by atoms with van der Waals surface area (Å²) in [4.78, 5) is 8.92. The molecule has 0 fully saturated rings. The van der Waals surface area contributed by atoms with Crippen molar-refractivity contribution in [2.45, 2.75) is 6.92 Å². The zero-order valence-corrected chi connectivity index (χ0v) is 12.5. The van der Waals surface area contributed by atoms with Crippen molar-refractivity contribution >= 4 is 5.78 Å². The molecule has 0 bridgehead atoms. The quantitative estimate of drug-likeness (QED) is 0.616. The van der Waals surface area contributed by atoms with Crippen molar-refractivity contribution in [3.05, 3.63) is 66.5 Å². The van der Waals surface area contributed by atoms with Crippen LogP contribution in [0, 0.1) is 6.92 Å². The molecule has 0 amide bonds. The van der Waals surface area contributed by atoms with Gasteiger partial charge in [0, 0.05) is 11.1 Å². The molecule has 0 spiro atoms. The zero-order valence-electron chi connectivity index (χ0n) is 12.5. The highest BCUT2D eigenvalue weighted by Crippen LogP contribution is 2.30. The fourth-order valence-electron chi connectivity index (χ4n) is 2.61. The van der Waals surface area contributed by atoms with Gasteiger partial charge in [-0.05, 0) is 25.1 Å². The summed E-state index contributed by atoms with van der Waals surface area (Å²) >= 11 is 0. The topological polar surface area (TPSA) is 63.3 Å². The van der Waals surface area contributed by atoms with E-state index in [0.717, 1.165) is 11.3 Å². The summed E-state index contributed by atoms with van der Waals surface area (Å²) in [6.45, 7) is 1.84. The number of aromatic hydroxyl groups is 1. The third-order valence-corrected chi connectivity index (χ3v) is 3.67. The van der Waals surface area contributed by atoms with Crippen LogP contribution >= 0.6 is 0 Å². The van der Waals surface area contributed by atoms with E-state index >= 15 is 0 Å². The minimum Gasteiger partial charge on any atom is -0.507 e. The molecule has 4 aromatic rings. The summed E-state index contributed by atoms with van der Waals surface area (Å²) < 4.78 is 1.73. The van der Waals surface area contributed by atoms with Crippen LogP contribution in [0.15, 0.2) is 60.7 Å². The number of nitrogens with zero attached hydrogens (tertiary/aromatic N) is 4. The van der Waals surface area contributed by atoms with Crippen molar-refractivity contribution in [3.8, 4) is 28.3 Å². The number of rotatable bonds is 2. The molecule has 2 aromatic heterocycles. The predicted molar refractivity (Wildman–Crippen MR) is 88.1 cm³/mol. The highest BCUT2D eigenvalue weighted by atomic mass is 16.3. The molecule has 2 aromatic carbocycles. The Kier molecular flexibility index (Phi) is 3.05. The van der Waals surface area contributed by atoms with Gasteiger partial charge in [-0.1, -0.05) is 42.5 Å². The summed E-state index contributed by atoms with van der Waals surface area (Å²) in [6.07, 6.45) is 0. The molecular weight excluding hydrogens is 288 g/mol. The molecule has 5 heteroatoms. The average molecular weight is 302 g/mol. The van der Waals surface area contributed by atoms with Crippen molar-refractivity contribution in [1.82, 2.24) is 19.6 Å². The molecule has 0 radical (unpaired) electrons. The number of hydrogen-bond donors (Lipinski definition) is 1. The normalized spacial score (nSPS) is 11.0. The second-order valence-corrected chi connectivity index (χ2v) is 5.28. The van der Waals surface area contributed by atoms with Gasteiger partial charge in [-0.15, -0.1) is 5.10 Å². The fraction of sp³-hybridized carbons (Fsp3) is 0.0556. The molecule has 0 aliphatic carbocycles. The lowest BCUT2D eigenvalue weighted by Gasteiger charge is -2.08. The van der Waals surface area contributed by atoms with Crippen molar-refractivity contribution in [2.24, 2.45) is 0 Å². The van der Waals surface area contributed by atoms with Crippen LogP contribution < -0.4 is 0 Å². The Morgan fingerprint density at radius 1 is 0.913 bits per heavy atom. The largest absolute Gasteiger partial charge is 0.507 e. The first-order valence-electron chi connectivity index (χ1n) is 7.30. The highest BCUT2D eigenvalue weighted by Gasteiger charge is 2.13. The molecule has 23 heavy (non-hydrogen) atoms. The number of para-hydroxylation sites is 1. The SMILES string of the molecule is Cc1nc2nc(-c3ccccc3O)cc(-c3ccccc3)n2n1. The van der Waals surface area contributed by atoms with E-state index in [-0.39, 0.29) is 5.75 Å². The van der Waals surface area contributed by atoms with E-state index in [1.54, 1.807) is 16.6 Å². The van der Waals surface area contributed by atoms with Gasteiger partial charge in [0.1, 0.15) is 11.6 Å². The van der Waals surface area contributed by atoms with Crippen LogP contribution in [-0.2, 0) is 0 Å². The standard InChI is InChI=1S/C18H14N4O/c1-12-19-18-20-15(14-9-5-6-10-17(14)23)11-16(22(18)21-12)13-7-3-2-4-8-13/h2-11,23H,1H3. The van der Waals surface area contributed by atoms with Crippen molar-refractivity contribution < 1.29 is 5.11 Å². The summed E-state index contributed by atoms with van der Waals surface area (Å²) in [5.74, 6) is 1.37. The van der Waals surface area contributed by atoms with E-state index in [9.17, 15) is 5.11 Å². The molecule has 0 unspecified atom stereocenters. The molecule has 5 nitrogen and oxygen atoms in total. The van der Waals surface area contributed by atoms with E-state index in [0.29, 0.717) is 22.9 Å². The highest BCUT2D eigenvalue weighted by molar-refractivity contribution is 5.73. The summed E-state index contributed by atoms with van der Waals surface area (Å²) in [5, 5.41) is 14.5. The minimum atomic E-state index is 0.194. The van der Waals surface area contributed by atoms with Gasteiger partial charge >= 0.3 is 0 Å². The van der Waals surface area contributed by atoms with Gasteiger partial charge in [0.15, 0.2) is 0 Å². The van der Waals surface area contributed by atoms with Gasteiger partial charge in [-0.25, -0.2) is 4.98 Å². The summed E-state index contributed by atoms with van der Waals surface area (Å²) in [6, 6.07) is 19.0. The monoisotopic (exact) mass is 302 g/mol. The van der Waals surface area contributed by atoms with Crippen molar-refractivity contribution in [3.63, 3.8) is 0 Å². The zero-order chi connectivity index (χ0) is 15.8. The first-order valence-corrected chi connectivity index (χ1v) is 7.30. The maximum atomic E-state index is 10.1. The number of benzene rings is 2. The van der Waals surface area contributed by atoms with Crippen LogP contribution in [0.4, 0.5) is 0 Å². The van der Waals surface area contributed by atoms with Gasteiger partial charge in [0.05, 0.1) is 11.4 Å². The molecule has 112 valence electrons. The van der Waals surface area contributed by atoms with Crippen LogP contribution in [0.1, 0.15) is 5.82 Å². The van der Waals surface area contributed by atoms with Crippen LogP contribution in [-0.4, -0.2) is 24.7 Å². The van der Waals surface area contributed by atoms with Gasteiger partial charge in [-0.2, -0.15) is 9.50 Å². The molecule has 0 saturated heterocycles. The molecule has 0 atom stereocenters. The third-order valence-electron chi connectivity index (χ3n) is 3.67. The average Bonchev–Trinajstić information content (AvgIpc) is 2.95. The van der Waals surface area contributed by atoms with E-state index in [1.807, 2.05) is 55.5 Å². The second-order valence-electron chi connectivity index (χ2n) is 5.28. The Morgan fingerprint density at radius 2 is 1.65 bits per heavy atom. The molecular formula is C18H14N4O. The number of phenolic OH excluding ortho intramolecular Hbond substituents is 1. The lowest BCUT2D eigenvalue weighted by Crippen LogP contribution is -1.99. The Bertz CT molecular complexity index is 993. The minimum absolute atomic E-state index is 0.194. The van der Waals surface area contributed by atoms with Gasteiger partial charge in [0.2, 0.25) is 0 Å². The van der Waals surface area contributed by atoms with Crippen LogP contribution in [0.3, 0.4) is 0 Å². The third kappa shape index (κ3) is 2.32. The summed E-state index contributed by atoms with van der Waals surface area (Å²) in [5.41, 5.74) is 3.24. The number of fused-ring (bicyclic) bond motifs is 1. The predicted octanol–water partition coefficient (Wildman–Crippen LogP) is 3.47. The number of phenols is 1. The number of hydrogen-bond acceptors (Lipinski definition) is 4. The Balaban J connectivity index is 2.03. The first-order chi connectivity index (χ1) is 11.2. The fourth-order valence-corrected chi connectivity index (χ4v) is 2.61. The number of aryl methyl sites for hydroxylation is 1. The lowest BCUT2D eigenvalue weighted by atomic mass is 10.1. The smallest absolute Gasteiger partial charge is 0.253 e. The van der Waals surface area contributed by atoms with Crippen LogP contribution in [0.5, 0.6) is 5.75 Å². The Labute approximate surface area is 132 Å². The van der Waals surface area contributed by atoms with E-state index in [4.69, 9.17) is 0 Å². The molecule has 0 aliphatic rings. The van der Waals surface area contributed by atoms with Crippen LogP contribution in [0.25, 0.3) is 28.3 Å². The Morgan fingerprint density at radius 3 is 2.43 bits per heavy atom. The lowest BCUT2D eigenvalue weighted by molar-refractivity contribution is 0.477. The second kappa shape index (κ2) is 5.21. The van der Waals surface area contributed by atoms with Gasteiger partial charge < -0.3 is 5.11 Å².